The molecule has 0 saturated carbocycles. The Kier molecular flexibility index (Phi) is 5.76. The van der Waals surface area contributed by atoms with Crippen LogP contribution in [-0.4, -0.2) is 27.1 Å². The van der Waals surface area contributed by atoms with Crippen LogP contribution in [0.5, 0.6) is 0 Å². The minimum atomic E-state index is -0.221. The molecule has 6 nitrogen and oxygen atoms in total. The van der Waals surface area contributed by atoms with Gasteiger partial charge in [-0.25, -0.2) is 4.79 Å². The Labute approximate surface area is 163 Å². The largest absolute Gasteiger partial charge is 0.337 e. The summed E-state index contributed by atoms with van der Waals surface area (Å²) < 4.78 is 5.33. The van der Waals surface area contributed by atoms with Crippen LogP contribution >= 0.6 is 11.6 Å². The van der Waals surface area contributed by atoms with Crippen molar-refractivity contribution in [1.82, 2.24) is 15.0 Å². The Balaban J connectivity index is 1.73. The normalized spacial score (nSPS) is 10.9. The predicted molar refractivity (Wildman–Crippen MR) is 106 cm³/mol. The van der Waals surface area contributed by atoms with Gasteiger partial charge >= 0.3 is 6.03 Å². The van der Waals surface area contributed by atoms with Crippen molar-refractivity contribution >= 4 is 23.3 Å². The van der Waals surface area contributed by atoms with Crippen molar-refractivity contribution in [3.8, 4) is 11.4 Å². The molecule has 0 unspecified atom stereocenters. The zero-order chi connectivity index (χ0) is 19.4. The molecule has 1 aromatic heterocycles. The number of hydrogen-bond acceptors (Lipinski definition) is 4. The highest BCUT2D eigenvalue weighted by molar-refractivity contribution is 6.30. The highest BCUT2D eigenvalue weighted by Gasteiger charge is 2.21. The van der Waals surface area contributed by atoms with Gasteiger partial charge in [-0.05, 0) is 62.7 Å². The number of aryl methyl sites for hydroxylation is 1. The average molecular weight is 385 g/mol. The molecule has 0 saturated heterocycles. The molecule has 0 bridgehead atoms. The maximum absolute atomic E-state index is 12.7. The van der Waals surface area contributed by atoms with Crippen LogP contribution in [0.2, 0.25) is 5.02 Å². The second kappa shape index (κ2) is 8.22. The first-order chi connectivity index (χ1) is 12.9. The smallest absolute Gasteiger partial charge is 0.322 e. The summed E-state index contributed by atoms with van der Waals surface area (Å²) in [5.74, 6) is 0.831. The van der Waals surface area contributed by atoms with Gasteiger partial charge in [-0.15, -0.1) is 0 Å². The fourth-order valence-corrected chi connectivity index (χ4v) is 2.71. The minimum absolute atomic E-state index is 0.0410. The Morgan fingerprint density at radius 2 is 1.96 bits per heavy atom. The van der Waals surface area contributed by atoms with Crippen molar-refractivity contribution in [2.75, 3.05) is 5.32 Å². The van der Waals surface area contributed by atoms with Crippen LogP contribution in [0.25, 0.3) is 11.4 Å². The molecule has 0 spiro atoms. The SMILES string of the molecule is Cc1cccc(NC(=O)N(Cc2nc(-c3ccc(Cl)cc3)no2)C(C)C)c1. The van der Waals surface area contributed by atoms with Crippen LogP contribution in [0, 0.1) is 6.92 Å². The molecule has 1 N–H and O–H groups in total. The lowest BCUT2D eigenvalue weighted by atomic mass is 10.2. The summed E-state index contributed by atoms with van der Waals surface area (Å²) in [5, 5.41) is 7.55. The number of amides is 2. The van der Waals surface area contributed by atoms with Crippen molar-refractivity contribution in [1.29, 1.82) is 0 Å². The highest BCUT2D eigenvalue weighted by Crippen LogP contribution is 2.20. The zero-order valence-electron chi connectivity index (χ0n) is 15.4. The molecule has 2 aromatic carbocycles. The van der Waals surface area contributed by atoms with Gasteiger partial charge in [0.15, 0.2) is 0 Å². The van der Waals surface area contributed by atoms with Crippen LogP contribution in [0.15, 0.2) is 53.1 Å². The number of carbonyl (C=O) groups is 1. The van der Waals surface area contributed by atoms with Gasteiger partial charge in [-0.2, -0.15) is 4.98 Å². The van der Waals surface area contributed by atoms with Crippen molar-refractivity contribution in [2.24, 2.45) is 0 Å². The molecular weight excluding hydrogens is 364 g/mol. The molecule has 0 fully saturated rings. The van der Waals surface area contributed by atoms with Crippen LogP contribution in [0.3, 0.4) is 0 Å². The Morgan fingerprint density at radius 1 is 1.22 bits per heavy atom. The third-order valence-corrected chi connectivity index (χ3v) is 4.28. The van der Waals surface area contributed by atoms with Crippen molar-refractivity contribution in [2.45, 2.75) is 33.4 Å². The Hall–Kier alpha value is -2.86. The first kappa shape index (κ1) is 18.9. The molecule has 7 heteroatoms. The van der Waals surface area contributed by atoms with E-state index < -0.39 is 0 Å². The number of anilines is 1. The molecular formula is C20H21ClN4O2. The van der Waals surface area contributed by atoms with E-state index in [9.17, 15) is 4.79 Å². The third kappa shape index (κ3) is 4.86. The molecule has 0 aliphatic rings. The van der Waals surface area contributed by atoms with Crippen molar-refractivity contribution in [3.63, 3.8) is 0 Å². The molecule has 3 aromatic rings. The number of hydrogen-bond donors (Lipinski definition) is 1. The number of nitrogens with zero attached hydrogens (tertiary/aromatic N) is 3. The molecule has 0 aliphatic heterocycles. The quantitative estimate of drug-likeness (QED) is 0.661. The number of benzene rings is 2. The van der Waals surface area contributed by atoms with Crippen molar-refractivity contribution < 1.29 is 9.32 Å². The van der Waals surface area contributed by atoms with Gasteiger partial charge in [0.25, 0.3) is 0 Å². The van der Waals surface area contributed by atoms with E-state index in [-0.39, 0.29) is 18.6 Å². The number of urea groups is 1. The summed E-state index contributed by atoms with van der Waals surface area (Å²) in [6.07, 6.45) is 0. The lowest BCUT2D eigenvalue weighted by Gasteiger charge is -2.25. The van der Waals surface area contributed by atoms with E-state index >= 15 is 0 Å². The number of halogens is 1. The third-order valence-electron chi connectivity index (χ3n) is 4.03. The van der Waals surface area contributed by atoms with Gasteiger partial charge < -0.3 is 14.7 Å². The van der Waals surface area contributed by atoms with E-state index in [1.807, 2.05) is 57.2 Å². The lowest BCUT2D eigenvalue weighted by molar-refractivity contribution is 0.182. The van der Waals surface area contributed by atoms with Gasteiger partial charge in [0, 0.05) is 22.3 Å². The summed E-state index contributed by atoms with van der Waals surface area (Å²) >= 11 is 5.90. The fraction of sp³-hybridized carbons (Fsp3) is 0.250. The molecule has 1 heterocycles. The summed E-state index contributed by atoms with van der Waals surface area (Å²) in [7, 11) is 0. The van der Waals surface area contributed by atoms with E-state index in [1.54, 1.807) is 17.0 Å². The molecule has 140 valence electrons. The summed E-state index contributed by atoms with van der Waals surface area (Å²) in [6.45, 7) is 6.07. The fourth-order valence-electron chi connectivity index (χ4n) is 2.59. The van der Waals surface area contributed by atoms with E-state index in [0.29, 0.717) is 16.7 Å². The molecule has 0 aliphatic carbocycles. The zero-order valence-corrected chi connectivity index (χ0v) is 16.2. The summed E-state index contributed by atoms with van der Waals surface area (Å²) in [6, 6.07) is 14.6. The first-order valence-corrected chi connectivity index (χ1v) is 9.03. The summed E-state index contributed by atoms with van der Waals surface area (Å²) in [4.78, 5) is 18.7. The first-order valence-electron chi connectivity index (χ1n) is 8.65. The van der Waals surface area contributed by atoms with E-state index in [1.165, 1.54) is 0 Å². The second-order valence-corrected chi connectivity index (χ2v) is 6.98. The van der Waals surface area contributed by atoms with Crippen LogP contribution in [-0.2, 0) is 6.54 Å². The van der Waals surface area contributed by atoms with E-state index in [2.05, 4.69) is 15.5 Å². The predicted octanol–water partition coefficient (Wildman–Crippen LogP) is 5.14. The number of rotatable bonds is 5. The highest BCUT2D eigenvalue weighted by atomic mass is 35.5. The van der Waals surface area contributed by atoms with Crippen LogP contribution in [0.4, 0.5) is 10.5 Å². The molecule has 0 radical (unpaired) electrons. The van der Waals surface area contributed by atoms with E-state index in [4.69, 9.17) is 16.1 Å². The molecule has 0 atom stereocenters. The Bertz CT molecular complexity index is 922. The second-order valence-electron chi connectivity index (χ2n) is 6.54. The van der Waals surface area contributed by atoms with E-state index in [0.717, 1.165) is 16.8 Å². The number of nitrogens with one attached hydrogen (secondary N) is 1. The van der Waals surface area contributed by atoms with Gasteiger partial charge in [-0.3, -0.25) is 0 Å². The monoisotopic (exact) mass is 384 g/mol. The lowest BCUT2D eigenvalue weighted by Crippen LogP contribution is -2.39. The maximum atomic E-state index is 12.7. The van der Waals surface area contributed by atoms with Gasteiger partial charge in [-0.1, -0.05) is 28.9 Å². The van der Waals surface area contributed by atoms with Crippen LogP contribution in [0.1, 0.15) is 25.3 Å². The minimum Gasteiger partial charge on any atom is -0.337 e. The molecule has 3 rings (SSSR count). The molecule has 2 amide bonds. The standard InChI is InChI=1S/C20H21ClN4O2/c1-13(2)25(20(26)22-17-6-4-5-14(3)11-17)12-18-23-19(24-27-18)15-7-9-16(21)10-8-15/h4-11,13H,12H2,1-3H3,(H,22,26). The number of aromatic nitrogens is 2. The van der Waals surface area contributed by atoms with Gasteiger partial charge in [0.2, 0.25) is 11.7 Å². The maximum Gasteiger partial charge on any atom is 0.322 e. The van der Waals surface area contributed by atoms with Gasteiger partial charge in [0.05, 0.1) is 0 Å². The topological polar surface area (TPSA) is 71.3 Å². The van der Waals surface area contributed by atoms with Gasteiger partial charge in [0.1, 0.15) is 6.54 Å². The average Bonchev–Trinajstić information content (AvgIpc) is 3.08. The van der Waals surface area contributed by atoms with Crippen molar-refractivity contribution in [3.05, 3.63) is 65.0 Å². The Morgan fingerprint density at radius 3 is 2.63 bits per heavy atom. The summed E-state index contributed by atoms with van der Waals surface area (Å²) in [5.41, 5.74) is 2.63. The van der Waals surface area contributed by atoms with Crippen LogP contribution < -0.4 is 5.32 Å². The number of carbonyl (C=O) groups excluding carboxylic acids is 1. The molecule has 27 heavy (non-hydrogen) atoms.